The van der Waals surface area contributed by atoms with Gasteiger partial charge in [0.15, 0.2) is 0 Å². The minimum absolute atomic E-state index is 0.0221. The van der Waals surface area contributed by atoms with Crippen molar-refractivity contribution in [3.63, 3.8) is 0 Å². The molecule has 0 spiro atoms. The van der Waals surface area contributed by atoms with Gasteiger partial charge in [-0.3, -0.25) is 13.8 Å². The Kier molecular flexibility index (Phi) is 37.5. The molecule has 0 aromatic rings. The van der Waals surface area contributed by atoms with Gasteiger partial charge in [0.2, 0.25) is 0 Å². The number of carbonyl (C=O) groups excluding carboxylic acids is 1. The largest absolute Gasteiger partial charge is 0.472 e. The summed E-state index contributed by atoms with van der Waals surface area (Å²) in [7, 11) is -4.53. The summed E-state index contributed by atoms with van der Waals surface area (Å²) in [6.07, 6.45) is 43.2. The number of unbranched alkanes of at least 4 members (excludes halogenated alkanes) is 14. The van der Waals surface area contributed by atoms with Crippen molar-refractivity contribution in [1.82, 2.24) is 0 Å². The molecule has 302 valence electrons. The zero-order chi connectivity index (χ0) is 38.2. The van der Waals surface area contributed by atoms with E-state index in [2.05, 4.69) is 74.6 Å². The first kappa shape index (κ1) is 50.2. The molecule has 0 fully saturated rings. The number of aliphatic hydroxyl groups is 2. The van der Waals surface area contributed by atoms with Crippen LogP contribution in [0.25, 0.3) is 0 Å². The number of aliphatic hydroxyl groups excluding tert-OH is 2. The van der Waals surface area contributed by atoms with Crippen LogP contribution in [0.15, 0.2) is 60.8 Å². The van der Waals surface area contributed by atoms with Crippen LogP contribution < -0.4 is 0 Å². The molecule has 0 bridgehead atoms. The van der Waals surface area contributed by atoms with E-state index in [-0.39, 0.29) is 13.0 Å². The van der Waals surface area contributed by atoms with Gasteiger partial charge in [0.25, 0.3) is 0 Å². The molecule has 10 heteroatoms. The maximum atomic E-state index is 12.6. The number of hydrogen-bond donors (Lipinski definition) is 3. The highest BCUT2D eigenvalue weighted by Gasteiger charge is 2.26. The van der Waals surface area contributed by atoms with Crippen molar-refractivity contribution in [3.05, 3.63) is 60.8 Å². The lowest BCUT2D eigenvalue weighted by Crippen LogP contribution is -2.29. The molecule has 0 aliphatic heterocycles. The molecule has 52 heavy (non-hydrogen) atoms. The standard InChI is InChI=1S/C42H75O9P/c1-3-5-7-9-11-13-15-17-19-21-23-25-27-29-31-33-35-48-38-41(39-50-52(46,47)49-37-40(44)36-43)51-42(45)34-32-30-28-26-24-22-20-18-16-14-12-10-8-6-4-2/h5,7,11,13,17-20,23,25,40-41,43-44H,3-4,6,8-10,12,14-16,21-22,24,26-39H2,1-2H3,(H,46,47)/b7-5-,13-11-,19-17-,20-18-,25-23-. The zero-order valence-electron chi connectivity index (χ0n) is 32.8. The molecule has 0 heterocycles. The fourth-order valence-corrected chi connectivity index (χ4v) is 5.89. The molecule has 0 aromatic heterocycles. The fraction of sp³-hybridized carbons (Fsp3) is 0.738. The van der Waals surface area contributed by atoms with Crippen LogP contribution in [-0.4, -0.2) is 66.3 Å². The molecule has 0 amide bonds. The summed E-state index contributed by atoms with van der Waals surface area (Å²) in [5, 5.41) is 18.3. The van der Waals surface area contributed by atoms with Gasteiger partial charge in [-0.15, -0.1) is 0 Å². The Morgan fingerprint density at radius 3 is 1.67 bits per heavy atom. The number of ether oxygens (including phenoxy) is 2. The minimum atomic E-state index is -4.53. The highest BCUT2D eigenvalue weighted by molar-refractivity contribution is 7.47. The molecule has 0 radical (unpaired) electrons. The Labute approximate surface area is 317 Å². The molecule has 0 aromatic carbocycles. The van der Waals surface area contributed by atoms with Crippen molar-refractivity contribution in [1.29, 1.82) is 0 Å². The third kappa shape index (κ3) is 37.9. The first-order chi connectivity index (χ1) is 25.3. The average molecular weight is 755 g/mol. The highest BCUT2D eigenvalue weighted by Crippen LogP contribution is 2.43. The molecule has 0 aliphatic carbocycles. The van der Waals surface area contributed by atoms with E-state index in [0.717, 1.165) is 83.5 Å². The van der Waals surface area contributed by atoms with Gasteiger partial charge in [0.1, 0.15) is 12.2 Å². The lowest BCUT2D eigenvalue weighted by Gasteiger charge is -2.20. The van der Waals surface area contributed by atoms with E-state index < -0.39 is 45.8 Å². The third-order valence-corrected chi connectivity index (χ3v) is 9.14. The van der Waals surface area contributed by atoms with Crippen LogP contribution in [0.1, 0.15) is 155 Å². The van der Waals surface area contributed by atoms with E-state index in [4.69, 9.17) is 23.6 Å². The molecule has 0 rings (SSSR count). The van der Waals surface area contributed by atoms with E-state index >= 15 is 0 Å². The van der Waals surface area contributed by atoms with Gasteiger partial charge in [-0.2, -0.15) is 0 Å². The lowest BCUT2D eigenvalue weighted by atomic mass is 10.1. The van der Waals surface area contributed by atoms with Crippen molar-refractivity contribution in [2.75, 3.05) is 33.0 Å². The molecular formula is C42H75O9P. The summed E-state index contributed by atoms with van der Waals surface area (Å²) in [6.45, 7) is 3.29. The molecule has 3 N–H and O–H groups in total. The third-order valence-electron chi connectivity index (χ3n) is 8.19. The highest BCUT2D eigenvalue weighted by atomic mass is 31.2. The summed E-state index contributed by atoms with van der Waals surface area (Å²) < 4.78 is 33.2. The average Bonchev–Trinajstić information content (AvgIpc) is 3.13. The molecule has 3 atom stereocenters. The van der Waals surface area contributed by atoms with Crippen LogP contribution in [0.2, 0.25) is 0 Å². The summed E-state index contributed by atoms with van der Waals surface area (Å²) in [6, 6.07) is 0. The Balaban J connectivity index is 4.30. The molecular weight excluding hydrogens is 679 g/mol. The van der Waals surface area contributed by atoms with Crippen LogP contribution in [-0.2, 0) is 27.9 Å². The number of phosphoric ester groups is 1. The second kappa shape index (κ2) is 38.9. The van der Waals surface area contributed by atoms with Gasteiger partial charge in [-0.05, 0) is 77.0 Å². The van der Waals surface area contributed by atoms with E-state index in [9.17, 15) is 19.4 Å². The Bertz CT molecular complexity index is 992. The van der Waals surface area contributed by atoms with Gasteiger partial charge in [-0.1, -0.05) is 132 Å². The second-order valence-corrected chi connectivity index (χ2v) is 14.7. The van der Waals surface area contributed by atoms with Crippen molar-refractivity contribution in [2.24, 2.45) is 0 Å². The topological polar surface area (TPSA) is 132 Å². The summed E-state index contributed by atoms with van der Waals surface area (Å²) in [5.74, 6) is -0.405. The monoisotopic (exact) mass is 755 g/mol. The van der Waals surface area contributed by atoms with Crippen LogP contribution in [0.3, 0.4) is 0 Å². The van der Waals surface area contributed by atoms with Gasteiger partial charge in [0, 0.05) is 13.0 Å². The SMILES string of the molecule is CC/C=C\C/C=C\C/C=C\C/C=C\CCCCCOCC(COP(=O)(O)OCC(O)CO)OC(=O)CCCCCCC/C=C\CCCCCCCC. The predicted octanol–water partition coefficient (Wildman–Crippen LogP) is 10.8. The van der Waals surface area contributed by atoms with Crippen LogP contribution >= 0.6 is 7.82 Å². The number of carbonyl (C=O) groups is 1. The number of esters is 1. The summed E-state index contributed by atoms with van der Waals surface area (Å²) in [5.41, 5.74) is 0. The smallest absolute Gasteiger partial charge is 0.457 e. The van der Waals surface area contributed by atoms with Crippen molar-refractivity contribution in [3.8, 4) is 0 Å². The van der Waals surface area contributed by atoms with Crippen molar-refractivity contribution in [2.45, 2.75) is 167 Å². The van der Waals surface area contributed by atoms with Crippen LogP contribution in [0, 0.1) is 0 Å². The Hall–Kier alpha value is -1.84. The van der Waals surface area contributed by atoms with Crippen LogP contribution in [0.4, 0.5) is 0 Å². The van der Waals surface area contributed by atoms with Gasteiger partial charge >= 0.3 is 13.8 Å². The minimum Gasteiger partial charge on any atom is -0.457 e. The van der Waals surface area contributed by atoms with Gasteiger partial charge < -0.3 is 24.6 Å². The zero-order valence-corrected chi connectivity index (χ0v) is 33.7. The first-order valence-electron chi connectivity index (χ1n) is 20.3. The first-order valence-corrected chi connectivity index (χ1v) is 21.8. The maximum Gasteiger partial charge on any atom is 0.472 e. The normalized spacial score (nSPS) is 14.8. The molecule has 0 saturated heterocycles. The molecule has 9 nitrogen and oxygen atoms in total. The number of allylic oxidation sites excluding steroid dienone is 10. The van der Waals surface area contributed by atoms with E-state index in [1.807, 2.05) is 0 Å². The molecule has 0 aliphatic rings. The van der Waals surface area contributed by atoms with Crippen molar-refractivity contribution < 1.29 is 43.0 Å². The fourth-order valence-electron chi connectivity index (χ4n) is 5.10. The number of phosphoric acid groups is 1. The van der Waals surface area contributed by atoms with E-state index in [1.165, 1.54) is 44.9 Å². The van der Waals surface area contributed by atoms with E-state index in [1.54, 1.807) is 0 Å². The number of hydrogen-bond acceptors (Lipinski definition) is 8. The van der Waals surface area contributed by atoms with Crippen molar-refractivity contribution >= 4 is 13.8 Å². The lowest BCUT2D eigenvalue weighted by molar-refractivity contribution is -0.154. The van der Waals surface area contributed by atoms with Crippen LogP contribution in [0.5, 0.6) is 0 Å². The van der Waals surface area contributed by atoms with Gasteiger partial charge in [0.05, 0.1) is 26.4 Å². The molecule has 3 unspecified atom stereocenters. The Morgan fingerprint density at radius 2 is 1.10 bits per heavy atom. The van der Waals surface area contributed by atoms with Gasteiger partial charge in [-0.25, -0.2) is 4.57 Å². The quantitative estimate of drug-likeness (QED) is 0.0244. The number of rotatable bonds is 38. The predicted molar refractivity (Wildman–Crippen MR) is 214 cm³/mol. The maximum absolute atomic E-state index is 12.6. The Morgan fingerprint density at radius 1 is 0.615 bits per heavy atom. The van der Waals surface area contributed by atoms with E-state index in [0.29, 0.717) is 13.0 Å². The molecule has 0 saturated carbocycles. The summed E-state index contributed by atoms with van der Waals surface area (Å²) >= 11 is 0. The summed E-state index contributed by atoms with van der Waals surface area (Å²) in [4.78, 5) is 22.5. The second-order valence-electron chi connectivity index (χ2n) is 13.3.